The topological polar surface area (TPSA) is 102 Å². The molecule has 1 N–H and O–H groups in total. The van der Waals surface area contributed by atoms with E-state index in [9.17, 15) is 9.59 Å². The Bertz CT molecular complexity index is 1030. The Morgan fingerprint density at radius 2 is 2.00 bits per heavy atom. The van der Waals surface area contributed by atoms with Gasteiger partial charge in [0.1, 0.15) is 17.9 Å². The van der Waals surface area contributed by atoms with Gasteiger partial charge in [0, 0.05) is 49.2 Å². The Morgan fingerprint density at radius 1 is 1.24 bits per heavy atom. The summed E-state index contributed by atoms with van der Waals surface area (Å²) in [6, 6.07) is 5.72. The van der Waals surface area contributed by atoms with Crippen molar-refractivity contribution in [2.45, 2.75) is 51.9 Å². The van der Waals surface area contributed by atoms with Crippen molar-refractivity contribution in [3.63, 3.8) is 0 Å². The molecule has 0 spiro atoms. The summed E-state index contributed by atoms with van der Waals surface area (Å²) in [4.78, 5) is 28.8. The molecule has 1 unspecified atom stereocenters. The molecule has 1 aromatic heterocycles. The molecule has 0 bridgehead atoms. The van der Waals surface area contributed by atoms with Crippen molar-refractivity contribution in [3.05, 3.63) is 40.1 Å². The minimum atomic E-state index is -0.496. The molecule has 11 heteroatoms. The molecule has 0 radical (unpaired) electrons. The van der Waals surface area contributed by atoms with Crippen LogP contribution in [0.2, 0.25) is 0 Å². The van der Waals surface area contributed by atoms with Crippen LogP contribution in [0.4, 0.5) is 4.79 Å². The first kappa shape index (κ1) is 24.5. The highest BCUT2D eigenvalue weighted by Crippen LogP contribution is 2.34. The molecule has 0 saturated carbocycles. The number of rotatable bonds is 5. The third-order valence-corrected chi connectivity index (χ3v) is 6.14. The monoisotopic (exact) mass is 534 g/mol. The maximum atomic E-state index is 12.7. The van der Waals surface area contributed by atoms with E-state index in [-0.39, 0.29) is 24.6 Å². The Kier molecular flexibility index (Phi) is 7.42. The predicted molar refractivity (Wildman–Crippen MR) is 128 cm³/mol. The van der Waals surface area contributed by atoms with Gasteiger partial charge in [-0.05, 0) is 39.0 Å². The lowest BCUT2D eigenvalue weighted by molar-refractivity contribution is -0.122. The fourth-order valence-electron chi connectivity index (χ4n) is 4.03. The highest BCUT2D eigenvalue weighted by atomic mass is 79.9. The highest BCUT2D eigenvalue weighted by molar-refractivity contribution is 9.10. The maximum Gasteiger partial charge on any atom is 0.410 e. The Balaban J connectivity index is 1.25. The van der Waals surface area contributed by atoms with E-state index in [4.69, 9.17) is 9.47 Å². The van der Waals surface area contributed by atoms with Crippen molar-refractivity contribution < 1.29 is 19.1 Å². The molecule has 2 aromatic rings. The molecule has 1 aromatic carbocycles. The number of nitrogens with zero attached hydrogens (tertiary/aromatic N) is 5. The normalized spacial score (nSPS) is 18.7. The number of fused-ring (bicyclic) bond motifs is 1. The van der Waals surface area contributed by atoms with Crippen LogP contribution in [0.15, 0.2) is 28.9 Å². The second kappa shape index (κ2) is 10.3. The van der Waals surface area contributed by atoms with E-state index in [1.165, 1.54) is 0 Å². The summed E-state index contributed by atoms with van der Waals surface area (Å²) in [7, 11) is 0. The summed E-state index contributed by atoms with van der Waals surface area (Å²) >= 11 is 3.48. The quantitative estimate of drug-likeness (QED) is 0.629. The number of piperazine rings is 1. The Morgan fingerprint density at radius 3 is 2.74 bits per heavy atom. The Labute approximate surface area is 207 Å². The van der Waals surface area contributed by atoms with Gasteiger partial charge in [-0.15, -0.1) is 5.10 Å². The van der Waals surface area contributed by atoms with Gasteiger partial charge >= 0.3 is 6.09 Å². The van der Waals surface area contributed by atoms with Gasteiger partial charge in [0.2, 0.25) is 5.91 Å². The number of hydrogen-bond donors (Lipinski definition) is 1. The molecule has 1 atom stereocenters. The average Bonchev–Trinajstić information content (AvgIpc) is 3.20. The zero-order valence-corrected chi connectivity index (χ0v) is 21.4. The number of benzene rings is 1. The van der Waals surface area contributed by atoms with E-state index in [0.29, 0.717) is 32.7 Å². The van der Waals surface area contributed by atoms with Crippen LogP contribution in [0.5, 0.6) is 5.75 Å². The van der Waals surface area contributed by atoms with Gasteiger partial charge in [-0.3, -0.25) is 9.69 Å². The van der Waals surface area contributed by atoms with E-state index >= 15 is 0 Å². The van der Waals surface area contributed by atoms with Crippen LogP contribution in [-0.4, -0.2) is 75.2 Å². The number of aromatic nitrogens is 3. The third-order valence-electron chi connectivity index (χ3n) is 5.65. The van der Waals surface area contributed by atoms with Crippen LogP contribution in [0.1, 0.15) is 44.5 Å². The zero-order chi connectivity index (χ0) is 24.3. The van der Waals surface area contributed by atoms with Crippen LogP contribution in [0.25, 0.3) is 0 Å². The first-order valence-electron chi connectivity index (χ1n) is 11.5. The molecular weight excluding hydrogens is 504 g/mol. The lowest BCUT2D eigenvalue weighted by Crippen LogP contribution is -2.49. The lowest BCUT2D eigenvalue weighted by atomic mass is 10.0. The molecule has 184 valence electrons. The van der Waals surface area contributed by atoms with E-state index < -0.39 is 5.60 Å². The maximum absolute atomic E-state index is 12.7. The van der Waals surface area contributed by atoms with Crippen LogP contribution in [-0.2, 0) is 22.6 Å². The number of carbonyl (C=O) groups is 2. The molecule has 10 nitrogen and oxygen atoms in total. The number of hydrogen-bond acceptors (Lipinski definition) is 7. The van der Waals surface area contributed by atoms with Crippen molar-refractivity contribution in [3.8, 4) is 5.75 Å². The second-order valence-corrected chi connectivity index (χ2v) is 10.5. The predicted octanol–water partition coefficient (Wildman–Crippen LogP) is 2.73. The third kappa shape index (κ3) is 6.47. The number of halogens is 1. The first-order chi connectivity index (χ1) is 16.2. The summed E-state index contributed by atoms with van der Waals surface area (Å²) in [5.41, 5.74) is 1.27. The molecule has 2 amide bonds. The number of amides is 2. The second-order valence-electron chi connectivity index (χ2n) is 9.59. The molecule has 3 heterocycles. The summed E-state index contributed by atoms with van der Waals surface area (Å²) in [6.45, 7) is 9.54. The number of ether oxygens (including phenoxy) is 2. The minimum absolute atomic E-state index is 0.0973. The number of carbonyl (C=O) groups excluding carboxylic acids is 2. The SMILES string of the molecule is CC(C)(C)OC(=O)N1CCN(Cc2cn(CC(=O)NC3CCOc4ccc(Br)cc43)nn2)CC1. The van der Waals surface area contributed by atoms with Gasteiger partial charge in [0.15, 0.2) is 0 Å². The molecule has 2 aliphatic rings. The van der Waals surface area contributed by atoms with E-state index in [2.05, 4.69) is 36.5 Å². The fraction of sp³-hybridized carbons (Fsp3) is 0.565. The molecule has 1 saturated heterocycles. The fourth-order valence-corrected chi connectivity index (χ4v) is 4.41. The van der Waals surface area contributed by atoms with E-state index in [1.54, 1.807) is 15.8 Å². The lowest BCUT2D eigenvalue weighted by Gasteiger charge is -2.35. The summed E-state index contributed by atoms with van der Waals surface area (Å²) in [5.74, 6) is 0.676. The van der Waals surface area contributed by atoms with Crippen LogP contribution >= 0.6 is 15.9 Å². The summed E-state index contributed by atoms with van der Waals surface area (Å²) < 4.78 is 13.6. The molecule has 0 aliphatic carbocycles. The smallest absolute Gasteiger partial charge is 0.410 e. The van der Waals surface area contributed by atoms with Crippen LogP contribution < -0.4 is 10.1 Å². The summed E-state index contributed by atoms with van der Waals surface area (Å²) in [5, 5.41) is 11.4. The molecule has 2 aliphatic heterocycles. The van der Waals surface area contributed by atoms with Crippen molar-refractivity contribution >= 4 is 27.9 Å². The summed E-state index contributed by atoms with van der Waals surface area (Å²) in [6.07, 6.45) is 2.24. The van der Waals surface area contributed by atoms with Gasteiger partial charge in [-0.1, -0.05) is 21.1 Å². The van der Waals surface area contributed by atoms with Crippen LogP contribution in [0, 0.1) is 0 Å². The van der Waals surface area contributed by atoms with Gasteiger partial charge in [-0.25, -0.2) is 9.48 Å². The minimum Gasteiger partial charge on any atom is -0.493 e. The van der Waals surface area contributed by atoms with E-state index in [0.717, 1.165) is 34.6 Å². The standard InChI is InChI=1S/C23H31BrN6O4/c1-23(2,3)34-22(32)29-9-7-28(8-10-29)13-17-14-30(27-26-17)15-21(31)25-19-6-11-33-20-5-4-16(24)12-18(19)20/h4-5,12,14,19H,6-11,13,15H2,1-3H3,(H,25,31). The van der Waals surface area contributed by atoms with Crippen molar-refractivity contribution in [1.82, 2.24) is 30.1 Å². The average molecular weight is 535 g/mol. The van der Waals surface area contributed by atoms with Gasteiger partial charge in [-0.2, -0.15) is 0 Å². The van der Waals surface area contributed by atoms with Gasteiger partial charge < -0.3 is 19.7 Å². The van der Waals surface area contributed by atoms with Crippen molar-refractivity contribution in [1.29, 1.82) is 0 Å². The van der Waals surface area contributed by atoms with Crippen molar-refractivity contribution in [2.75, 3.05) is 32.8 Å². The molecule has 4 rings (SSSR count). The van der Waals surface area contributed by atoms with E-state index in [1.807, 2.05) is 39.0 Å². The number of nitrogens with one attached hydrogen (secondary N) is 1. The highest BCUT2D eigenvalue weighted by Gasteiger charge is 2.27. The van der Waals surface area contributed by atoms with Crippen LogP contribution in [0.3, 0.4) is 0 Å². The largest absolute Gasteiger partial charge is 0.493 e. The van der Waals surface area contributed by atoms with Crippen molar-refractivity contribution in [2.24, 2.45) is 0 Å². The Hall–Kier alpha value is -2.66. The van der Waals surface area contributed by atoms with Gasteiger partial charge in [0.05, 0.1) is 24.5 Å². The van der Waals surface area contributed by atoms with Gasteiger partial charge in [0.25, 0.3) is 0 Å². The first-order valence-corrected chi connectivity index (χ1v) is 12.3. The molecule has 1 fully saturated rings. The zero-order valence-electron chi connectivity index (χ0n) is 19.8. The molecular formula is C23H31BrN6O4. The molecule has 34 heavy (non-hydrogen) atoms.